The van der Waals surface area contributed by atoms with Crippen LogP contribution in [0.2, 0.25) is 0 Å². The monoisotopic (exact) mass is 381 g/mol. The zero-order valence-electron chi connectivity index (χ0n) is 13.7. The van der Waals surface area contributed by atoms with E-state index >= 15 is 0 Å². The van der Waals surface area contributed by atoms with E-state index in [0.29, 0.717) is 12.1 Å². The van der Waals surface area contributed by atoms with E-state index in [1.807, 2.05) is 52.0 Å². The fourth-order valence-corrected chi connectivity index (χ4v) is 4.06. The van der Waals surface area contributed by atoms with E-state index in [4.69, 9.17) is 4.74 Å². The topological polar surface area (TPSA) is 57.0 Å². The van der Waals surface area contributed by atoms with Gasteiger partial charge in [0.2, 0.25) is 0 Å². The summed E-state index contributed by atoms with van der Waals surface area (Å²) in [4.78, 5) is 17.9. The van der Waals surface area contributed by atoms with Crippen LogP contribution in [0.25, 0.3) is 9.88 Å². The van der Waals surface area contributed by atoms with Gasteiger partial charge in [-0.15, -0.1) is 22.7 Å². The van der Waals surface area contributed by atoms with Crippen molar-refractivity contribution in [3.63, 3.8) is 0 Å². The quantitative estimate of drug-likeness (QED) is 0.462. The maximum Gasteiger partial charge on any atom is 0.338 e. The number of hydrogen-bond acceptors (Lipinski definition) is 6. The Morgan fingerprint density at radius 2 is 2.00 bits per heavy atom. The lowest BCUT2D eigenvalue weighted by atomic mass is 10.1. The molecule has 0 bridgehead atoms. The third kappa shape index (κ3) is 3.89. The number of carbonyl (C=O) groups excluding carboxylic acids is 1. The van der Waals surface area contributed by atoms with Gasteiger partial charge >= 0.3 is 5.97 Å². The van der Waals surface area contributed by atoms with Gasteiger partial charge in [-0.2, -0.15) is 5.10 Å². The summed E-state index contributed by atoms with van der Waals surface area (Å²) in [5.41, 5.74) is 2.37. The van der Waals surface area contributed by atoms with Gasteiger partial charge in [0.05, 0.1) is 22.7 Å². The molecule has 0 saturated carbocycles. The Labute approximate surface area is 158 Å². The summed E-state index contributed by atoms with van der Waals surface area (Å²) in [6.07, 6.45) is 3.65. The molecule has 0 fully saturated rings. The molecule has 0 amide bonds. The van der Waals surface area contributed by atoms with Crippen LogP contribution in [0, 0.1) is 0 Å². The van der Waals surface area contributed by atoms with Crippen LogP contribution in [-0.4, -0.2) is 20.7 Å². The summed E-state index contributed by atoms with van der Waals surface area (Å²) >= 11 is 3.21. The minimum absolute atomic E-state index is 0.176. The molecule has 0 radical (unpaired) electrons. The second-order valence-electron chi connectivity index (χ2n) is 5.60. The van der Waals surface area contributed by atoms with Gasteiger partial charge in [0.25, 0.3) is 0 Å². The molecule has 0 aliphatic heterocycles. The number of thiazole rings is 1. The van der Waals surface area contributed by atoms with E-state index in [-0.39, 0.29) is 12.6 Å². The Bertz CT molecular complexity index is 974. The van der Waals surface area contributed by atoms with E-state index in [0.717, 1.165) is 21.1 Å². The van der Waals surface area contributed by atoms with Gasteiger partial charge in [0.15, 0.2) is 0 Å². The highest BCUT2D eigenvalue weighted by Gasteiger charge is 2.10. The molecule has 0 spiro atoms. The Hall–Kier alpha value is -2.77. The average molecular weight is 381 g/mol. The number of thiophene rings is 1. The Balaban J connectivity index is 1.34. The lowest BCUT2D eigenvalue weighted by Gasteiger charge is -2.05. The van der Waals surface area contributed by atoms with Crippen LogP contribution in [0.15, 0.2) is 65.6 Å². The van der Waals surface area contributed by atoms with Crippen molar-refractivity contribution in [2.45, 2.75) is 13.2 Å². The summed E-state index contributed by atoms with van der Waals surface area (Å²) in [6.45, 7) is 0.850. The molecule has 26 heavy (non-hydrogen) atoms. The first kappa shape index (κ1) is 16.7. The lowest BCUT2D eigenvalue weighted by molar-refractivity contribution is 0.0468. The minimum Gasteiger partial charge on any atom is -0.456 e. The molecule has 0 aliphatic rings. The molecule has 1 aromatic carbocycles. The number of hydrogen-bond donors (Lipinski definition) is 0. The van der Waals surface area contributed by atoms with Crippen molar-refractivity contribution in [3.05, 3.63) is 82.4 Å². The van der Waals surface area contributed by atoms with Crippen LogP contribution in [0.5, 0.6) is 0 Å². The predicted octanol–water partition coefficient (Wildman–Crippen LogP) is 4.47. The molecule has 3 heterocycles. The van der Waals surface area contributed by atoms with Crippen LogP contribution < -0.4 is 0 Å². The number of nitrogens with zero attached hydrogens (tertiary/aromatic N) is 3. The summed E-state index contributed by atoms with van der Waals surface area (Å²) in [5.74, 6) is -0.346. The molecular formula is C19H15N3O2S2. The second-order valence-corrected chi connectivity index (χ2v) is 7.40. The van der Waals surface area contributed by atoms with E-state index in [1.54, 1.807) is 41.0 Å². The maximum absolute atomic E-state index is 12.2. The first-order valence-corrected chi connectivity index (χ1v) is 9.75. The van der Waals surface area contributed by atoms with Crippen LogP contribution in [0.3, 0.4) is 0 Å². The van der Waals surface area contributed by atoms with Crippen molar-refractivity contribution in [1.82, 2.24) is 14.8 Å². The Kier molecular flexibility index (Phi) is 4.90. The molecule has 7 heteroatoms. The number of aromatic nitrogens is 3. The maximum atomic E-state index is 12.2. The fraction of sp³-hybridized carbons (Fsp3) is 0.105. The fourth-order valence-electron chi connectivity index (χ4n) is 2.44. The number of ether oxygens (including phenoxy) is 1. The summed E-state index contributed by atoms with van der Waals surface area (Å²) in [5, 5.41) is 9.07. The molecule has 0 atom stereocenters. The van der Waals surface area contributed by atoms with Crippen LogP contribution in [0.4, 0.5) is 0 Å². The van der Waals surface area contributed by atoms with Crippen LogP contribution >= 0.6 is 22.7 Å². The summed E-state index contributed by atoms with van der Waals surface area (Å²) < 4.78 is 7.22. The van der Waals surface area contributed by atoms with Gasteiger partial charge in [-0.3, -0.25) is 4.68 Å². The van der Waals surface area contributed by atoms with E-state index in [1.165, 1.54) is 0 Å². The van der Waals surface area contributed by atoms with Gasteiger partial charge < -0.3 is 4.74 Å². The minimum atomic E-state index is -0.346. The number of esters is 1. The third-order valence-electron chi connectivity index (χ3n) is 3.73. The molecule has 0 N–H and O–H groups in total. The molecule has 5 nitrogen and oxygen atoms in total. The molecule has 4 rings (SSSR count). The molecule has 0 aliphatic carbocycles. The first-order valence-electron chi connectivity index (χ1n) is 8.00. The number of benzene rings is 1. The van der Waals surface area contributed by atoms with Crippen molar-refractivity contribution >= 4 is 28.6 Å². The second kappa shape index (κ2) is 7.63. The largest absolute Gasteiger partial charge is 0.456 e. The first-order chi connectivity index (χ1) is 12.8. The Morgan fingerprint density at radius 1 is 1.12 bits per heavy atom. The highest BCUT2D eigenvalue weighted by Crippen LogP contribution is 2.28. The van der Waals surface area contributed by atoms with E-state index < -0.39 is 0 Å². The van der Waals surface area contributed by atoms with E-state index in [9.17, 15) is 4.79 Å². The van der Waals surface area contributed by atoms with Crippen molar-refractivity contribution in [2.24, 2.45) is 0 Å². The van der Waals surface area contributed by atoms with Crippen LogP contribution in [0.1, 0.15) is 21.6 Å². The molecule has 0 unspecified atom stereocenters. The smallest absolute Gasteiger partial charge is 0.338 e. The van der Waals surface area contributed by atoms with Crippen molar-refractivity contribution < 1.29 is 9.53 Å². The van der Waals surface area contributed by atoms with Gasteiger partial charge in [0.1, 0.15) is 11.6 Å². The predicted molar refractivity (Wildman–Crippen MR) is 102 cm³/mol. The van der Waals surface area contributed by atoms with Crippen molar-refractivity contribution in [2.75, 3.05) is 0 Å². The van der Waals surface area contributed by atoms with Gasteiger partial charge in [-0.05, 0) is 35.2 Å². The molecular weight excluding hydrogens is 366 g/mol. The molecule has 130 valence electrons. The number of rotatable bonds is 6. The number of carbonyl (C=O) groups is 1. The summed E-state index contributed by atoms with van der Waals surface area (Å²) in [6, 6.07) is 13.3. The van der Waals surface area contributed by atoms with Crippen LogP contribution in [-0.2, 0) is 17.9 Å². The highest BCUT2D eigenvalue weighted by atomic mass is 32.1. The molecule has 3 aromatic heterocycles. The van der Waals surface area contributed by atoms with Gasteiger partial charge in [-0.1, -0.05) is 18.2 Å². The normalized spacial score (nSPS) is 10.8. The lowest BCUT2D eigenvalue weighted by Crippen LogP contribution is -2.06. The van der Waals surface area contributed by atoms with Gasteiger partial charge in [-0.25, -0.2) is 9.78 Å². The standard InChI is InChI=1S/C19H15N3O2S2/c23-19(15-6-4-14(5-7-15)11-22-9-2-8-20-22)24-12-16-13-26-18(21-16)17-3-1-10-25-17/h1-10,13H,11-12H2. The van der Waals surface area contributed by atoms with Crippen molar-refractivity contribution in [1.29, 1.82) is 0 Å². The zero-order valence-corrected chi connectivity index (χ0v) is 15.4. The molecule has 4 aromatic rings. The third-order valence-corrected chi connectivity index (χ3v) is 5.66. The SMILES string of the molecule is O=C(OCc1csc(-c2cccs2)n1)c1ccc(Cn2cccn2)cc1. The highest BCUT2D eigenvalue weighted by molar-refractivity contribution is 7.20. The van der Waals surface area contributed by atoms with Gasteiger partial charge in [0, 0.05) is 17.8 Å². The summed E-state index contributed by atoms with van der Waals surface area (Å²) in [7, 11) is 0. The average Bonchev–Trinajstić information content (AvgIpc) is 3.41. The molecule has 0 saturated heterocycles. The van der Waals surface area contributed by atoms with Crippen molar-refractivity contribution in [3.8, 4) is 9.88 Å². The van der Waals surface area contributed by atoms with E-state index in [2.05, 4.69) is 10.1 Å². The Morgan fingerprint density at radius 3 is 2.73 bits per heavy atom. The zero-order chi connectivity index (χ0) is 17.8.